The van der Waals surface area contributed by atoms with Gasteiger partial charge in [-0.15, -0.1) is 0 Å². The van der Waals surface area contributed by atoms with Gasteiger partial charge in [-0.05, 0) is 37.5 Å². The second-order valence-corrected chi connectivity index (χ2v) is 4.82. The van der Waals surface area contributed by atoms with Gasteiger partial charge in [-0.1, -0.05) is 13.0 Å². The lowest BCUT2D eigenvalue weighted by atomic mass is 10.0. The molecule has 0 aliphatic carbocycles. The molecule has 0 aliphatic rings. The highest BCUT2D eigenvalue weighted by atomic mass is 16.5. The van der Waals surface area contributed by atoms with E-state index < -0.39 is 5.97 Å². The van der Waals surface area contributed by atoms with Gasteiger partial charge in [-0.25, -0.2) is 0 Å². The molecule has 0 saturated heterocycles. The second kappa shape index (κ2) is 7.14. The standard InChI is InChI=1S/C15H23NO3/c1-5-12(15(17)18)8-16-9-13-6-10(2)11(3)7-14(13)19-4/h6-7,12,16H,5,8-9H2,1-4H3,(H,17,18). The maximum Gasteiger partial charge on any atom is 0.307 e. The first-order chi connectivity index (χ1) is 8.99. The number of carboxylic acids is 1. The average Bonchev–Trinajstić information content (AvgIpc) is 2.37. The lowest BCUT2D eigenvalue weighted by molar-refractivity contribution is -0.141. The summed E-state index contributed by atoms with van der Waals surface area (Å²) >= 11 is 0. The number of aliphatic carboxylic acids is 1. The highest BCUT2D eigenvalue weighted by Crippen LogP contribution is 2.22. The minimum Gasteiger partial charge on any atom is -0.496 e. The zero-order valence-electron chi connectivity index (χ0n) is 12.1. The molecule has 1 rings (SSSR count). The van der Waals surface area contributed by atoms with Crippen LogP contribution in [0.3, 0.4) is 0 Å². The van der Waals surface area contributed by atoms with Crippen LogP contribution in [0, 0.1) is 19.8 Å². The molecule has 0 saturated carbocycles. The van der Waals surface area contributed by atoms with Gasteiger partial charge in [0.1, 0.15) is 5.75 Å². The molecule has 0 heterocycles. The van der Waals surface area contributed by atoms with Gasteiger partial charge in [0.2, 0.25) is 0 Å². The predicted molar refractivity (Wildman–Crippen MR) is 75.6 cm³/mol. The van der Waals surface area contributed by atoms with Crippen molar-refractivity contribution in [1.82, 2.24) is 5.32 Å². The van der Waals surface area contributed by atoms with Gasteiger partial charge in [0, 0.05) is 18.7 Å². The molecule has 0 bridgehead atoms. The molecule has 1 unspecified atom stereocenters. The summed E-state index contributed by atoms with van der Waals surface area (Å²) in [5.41, 5.74) is 3.46. The van der Waals surface area contributed by atoms with E-state index in [0.717, 1.165) is 11.3 Å². The maximum atomic E-state index is 10.9. The zero-order valence-corrected chi connectivity index (χ0v) is 12.1. The molecule has 0 radical (unpaired) electrons. The van der Waals surface area contributed by atoms with Crippen molar-refractivity contribution in [3.8, 4) is 5.75 Å². The number of rotatable bonds is 7. The van der Waals surface area contributed by atoms with Crippen molar-refractivity contribution in [2.45, 2.75) is 33.7 Å². The molecule has 0 amide bonds. The fourth-order valence-electron chi connectivity index (χ4n) is 1.96. The lowest BCUT2D eigenvalue weighted by Crippen LogP contribution is -2.27. The number of carbonyl (C=O) groups is 1. The van der Waals surface area contributed by atoms with Crippen LogP contribution in [0.1, 0.15) is 30.0 Å². The highest BCUT2D eigenvalue weighted by molar-refractivity contribution is 5.70. The van der Waals surface area contributed by atoms with Gasteiger partial charge >= 0.3 is 5.97 Å². The molecular formula is C15H23NO3. The SMILES string of the molecule is CCC(CNCc1cc(C)c(C)cc1OC)C(=O)O. The number of nitrogens with one attached hydrogen (secondary N) is 1. The summed E-state index contributed by atoms with van der Waals surface area (Å²) in [5, 5.41) is 12.2. The summed E-state index contributed by atoms with van der Waals surface area (Å²) < 4.78 is 5.36. The fourth-order valence-corrected chi connectivity index (χ4v) is 1.96. The summed E-state index contributed by atoms with van der Waals surface area (Å²) in [6.07, 6.45) is 0.631. The molecule has 0 aromatic heterocycles. The van der Waals surface area contributed by atoms with Crippen molar-refractivity contribution in [2.24, 2.45) is 5.92 Å². The minimum absolute atomic E-state index is 0.336. The van der Waals surface area contributed by atoms with E-state index in [4.69, 9.17) is 9.84 Å². The molecule has 4 nitrogen and oxygen atoms in total. The van der Waals surface area contributed by atoms with Crippen LogP contribution in [0.5, 0.6) is 5.75 Å². The first kappa shape index (κ1) is 15.5. The van der Waals surface area contributed by atoms with Crippen molar-refractivity contribution in [1.29, 1.82) is 0 Å². The average molecular weight is 265 g/mol. The largest absolute Gasteiger partial charge is 0.496 e. The van der Waals surface area contributed by atoms with Crippen molar-refractivity contribution < 1.29 is 14.6 Å². The van der Waals surface area contributed by atoms with Gasteiger partial charge in [0.15, 0.2) is 0 Å². The summed E-state index contributed by atoms with van der Waals surface area (Å²) in [5.74, 6) is -0.237. The Kier molecular flexibility index (Phi) is 5.83. The first-order valence-corrected chi connectivity index (χ1v) is 6.57. The summed E-state index contributed by atoms with van der Waals surface area (Å²) in [4.78, 5) is 10.9. The van der Waals surface area contributed by atoms with E-state index in [-0.39, 0.29) is 5.92 Å². The molecule has 4 heteroatoms. The van der Waals surface area contributed by atoms with E-state index in [1.165, 1.54) is 11.1 Å². The van der Waals surface area contributed by atoms with Crippen molar-refractivity contribution >= 4 is 5.97 Å². The number of carboxylic acid groups (broad SMARTS) is 1. The summed E-state index contributed by atoms with van der Waals surface area (Å²) in [6.45, 7) is 7.09. The van der Waals surface area contributed by atoms with E-state index in [9.17, 15) is 4.79 Å². The Labute approximate surface area is 114 Å². The maximum absolute atomic E-state index is 10.9. The Morgan fingerprint density at radius 1 is 1.37 bits per heavy atom. The van der Waals surface area contributed by atoms with E-state index in [1.54, 1.807) is 7.11 Å². The van der Waals surface area contributed by atoms with Crippen LogP contribution in [0.4, 0.5) is 0 Å². The first-order valence-electron chi connectivity index (χ1n) is 6.57. The molecule has 2 N–H and O–H groups in total. The molecule has 106 valence electrons. The second-order valence-electron chi connectivity index (χ2n) is 4.82. The Hall–Kier alpha value is -1.55. The Morgan fingerprint density at radius 3 is 2.53 bits per heavy atom. The van der Waals surface area contributed by atoms with Gasteiger partial charge < -0.3 is 15.2 Å². The lowest BCUT2D eigenvalue weighted by Gasteiger charge is -2.14. The topological polar surface area (TPSA) is 58.6 Å². The molecule has 1 aromatic carbocycles. The Morgan fingerprint density at radius 2 is 2.00 bits per heavy atom. The van der Waals surface area contributed by atoms with Crippen molar-refractivity contribution in [2.75, 3.05) is 13.7 Å². The number of hydrogen-bond donors (Lipinski definition) is 2. The third kappa shape index (κ3) is 4.24. The fraction of sp³-hybridized carbons (Fsp3) is 0.533. The number of aryl methyl sites for hydroxylation is 2. The van der Waals surface area contributed by atoms with Gasteiger partial charge in [-0.2, -0.15) is 0 Å². The monoisotopic (exact) mass is 265 g/mol. The zero-order chi connectivity index (χ0) is 14.4. The Balaban J connectivity index is 2.67. The highest BCUT2D eigenvalue weighted by Gasteiger charge is 2.14. The van der Waals surface area contributed by atoms with Crippen LogP contribution in [-0.2, 0) is 11.3 Å². The van der Waals surface area contributed by atoms with Crippen molar-refractivity contribution in [3.05, 3.63) is 28.8 Å². The van der Waals surface area contributed by atoms with E-state index >= 15 is 0 Å². The van der Waals surface area contributed by atoms with Crippen LogP contribution < -0.4 is 10.1 Å². The number of methoxy groups -OCH3 is 1. The third-order valence-electron chi connectivity index (χ3n) is 3.44. The summed E-state index contributed by atoms with van der Waals surface area (Å²) in [7, 11) is 1.65. The van der Waals surface area contributed by atoms with Gasteiger partial charge in [0.25, 0.3) is 0 Å². The van der Waals surface area contributed by atoms with Crippen LogP contribution in [-0.4, -0.2) is 24.7 Å². The van der Waals surface area contributed by atoms with E-state index in [2.05, 4.69) is 18.3 Å². The molecule has 1 atom stereocenters. The number of hydrogen-bond acceptors (Lipinski definition) is 3. The van der Waals surface area contributed by atoms with E-state index in [1.807, 2.05) is 19.9 Å². The third-order valence-corrected chi connectivity index (χ3v) is 3.44. The minimum atomic E-state index is -0.748. The molecule has 1 aromatic rings. The molecule has 0 fully saturated rings. The van der Waals surface area contributed by atoms with Crippen LogP contribution in [0.15, 0.2) is 12.1 Å². The number of benzene rings is 1. The molecule has 0 aliphatic heterocycles. The van der Waals surface area contributed by atoms with Gasteiger partial charge in [-0.3, -0.25) is 4.79 Å². The van der Waals surface area contributed by atoms with E-state index in [0.29, 0.717) is 19.5 Å². The predicted octanol–water partition coefficient (Wildman–Crippen LogP) is 2.51. The Bertz CT molecular complexity index is 443. The van der Waals surface area contributed by atoms with Crippen molar-refractivity contribution in [3.63, 3.8) is 0 Å². The summed E-state index contributed by atoms with van der Waals surface area (Å²) in [6, 6.07) is 4.10. The van der Waals surface area contributed by atoms with Crippen LogP contribution in [0.25, 0.3) is 0 Å². The molecule has 19 heavy (non-hydrogen) atoms. The molecular weight excluding hydrogens is 242 g/mol. The molecule has 0 spiro atoms. The van der Waals surface area contributed by atoms with Crippen LogP contribution in [0.2, 0.25) is 0 Å². The normalized spacial score (nSPS) is 12.2. The quantitative estimate of drug-likeness (QED) is 0.795. The van der Waals surface area contributed by atoms with Gasteiger partial charge in [0.05, 0.1) is 13.0 Å². The smallest absolute Gasteiger partial charge is 0.307 e. The number of ether oxygens (including phenoxy) is 1. The van der Waals surface area contributed by atoms with Crippen LogP contribution >= 0.6 is 0 Å².